The Kier molecular flexibility index (Phi) is 6.01. The number of carbonyl (C=O) groups is 2. The van der Waals surface area contributed by atoms with Crippen molar-refractivity contribution in [3.8, 4) is 0 Å². The van der Waals surface area contributed by atoms with E-state index in [9.17, 15) is 9.59 Å². The molecule has 0 unspecified atom stereocenters. The quantitative estimate of drug-likeness (QED) is 0.781. The van der Waals surface area contributed by atoms with Crippen molar-refractivity contribution in [1.29, 1.82) is 0 Å². The zero-order valence-corrected chi connectivity index (χ0v) is 17.7. The van der Waals surface area contributed by atoms with E-state index in [-0.39, 0.29) is 11.9 Å². The van der Waals surface area contributed by atoms with Gasteiger partial charge in [-0.2, -0.15) is 0 Å². The number of benzene rings is 1. The van der Waals surface area contributed by atoms with Gasteiger partial charge in [0.2, 0.25) is 0 Å². The molecule has 0 bridgehead atoms. The average molecular weight is 412 g/mol. The Morgan fingerprint density at radius 2 is 2.00 bits per heavy atom. The lowest BCUT2D eigenvalue weighted by Gasteiger charge is -2.32. The van der Waals surface area contributed by atoms with Crippen LogP contribution in [0.25, 0.3) is 0 Å². The van der Waals surface area contributed by atoms with E-state index < -0.39 is 5.97 Å². The third-order valence-corrected chi connectivity index (χ3v) is 6.11. The lowest BCUT2D eigenvalue weighted by Crippen LogP contribution is -2.42. The van der Waals surface area contributed by atoms with Crippen LogP contribution < -0.4 is 5.32 Å². The summed E-state index contributed by atoms with van der Waals surface area (Å²) in [5.41, 5.74) is 1.94. The second kappa shape index (κ2) is 8.85. The Morgan fingerprint density at radius 1 is 1.13 bits per heavy atom. The number of hydrogen-bond donors (Lipinski definition) is 1. The zero-order chi connectivity index (χ0) is 21.1. The van der Waals surface area contributed by atoms with Crippen molar-refractivity contribution in [3.05, 3.63) is 41.0 Å². The Balaban J connectivity index is 1.47. The number of nitrogens with one attached hydrogen (secondary N) is 1. The van der Waals surface area contributed by atoms with Crippen molar-refractivity contribution in [2.24, 2.45) is 0 Å². The highest BCUT2D eigenvalue weighted by Gasteiger charge is 2.29. The minimum Gasteiger partial charge on any atom is -0.465 e. The van der Waals surface area contributed by atoms with Gasteiger partial charge in [-0.05, 0) is 50.3 Å². The van der Waals surface area contributed by atoms with Crippen LogP contribution in [0.15, 0.2) is 18.2 Å². The maximum atomic E-state index is 13.0. The summed E-state index contributed by atoms with van der Waals surface area (Å²) < 4.78 is 7.07. The molecule has 1 atom stereocenters. The van der Waals surface area contributed by atoms with E-state index in [1.807, 2.05) is 17.9 Å². The molecule has 1 aromatic heterocycles. The summed E-state index contributed by atoms with van der Waals surface area (Å²) in [6, 6.07) is 5.02. The van der Waals surface area contributed by atoms with Crippen LogP contribution >= 0.6 is 0 Å². The van der Waals surface area contributed by atoms with Crippen LogP contribution in [0.3, 0.4) is 0 Å². The van der Waals surface area contributed by atoms with Gasteiger partial charge < -0.3 is 19.5 Å². The van der Waals surface area contributed by atoms with Gasteiger partial charge in [-0.1, -0.05) is 12.5 Å². The molecule has 0 radical (unpaired) electrons. The van der Waals surface area contributed by atoms with Crippen LogP contribution in [0, 0.1) is 6.92 Å². The predicted molar refractivity (Wildman–Crippen MR) is 113 cm³/mol. The number of nitrogens with zero attached hydrogens (tertiary/aromatic N) is 4. The number of amides is 2. The van der Waals surface area contributed by atoms with Gasteiger partial charge in [0.05, 0.1) is 12.7 Å². The van der Waals surface area contributed by atoms with Crippen molar-refractivity contribution >= 4 is 17.7 Å². The molecule has 3 heterocycles. The second-order valence-electron chi connectivity index (χ2n) is 8.17. The number of anilines is 1. The van der Waals surface area contributed by atoms with Crippen molar-refractivity contribution in [2.45, 2.75) is 57.9 Å². The molecule has 1 saturated heterocycles. The van der Waals surface area contributed by atoms with Crippen LogP contribution in [0.2, 0.25) is 0 Å². The Morgan fingerprint density at radius 3 is 2.83 bits per heavy atom. The van der Waals surface area contributed by atoms with E-state index in [0.29, 0.717) is 24.3 Å². The maximum absolute atomic E-state index is 13.0. The molecule has 8 nitrogen and oxygen atoms in total. The Bertz CT molecular complexity index is 939. The highest BCUT2D eigenvalue weighted by molar-refractivity contribution is 5.94. The number of piperidine rings is 1. The zero-order valence-electron chi connectivity index (χ0n) is 17.7. The summed E-state index contributed by atoms with van der Waals surface area (Å²) in [6.07, 6.45) is 6.48. The molecule has 2 amide bonds. The van der Waals surface area contributed by atoms with Gasteiger partial charge in [0.15, 0.2) is 0 Å². The summed E-state index contributed by atoms with van der Waals surface area (Å²) >= 11 is 0. The number of ether oxygens (including phenoxy) is 1. The third kappa shape index (κ3) is 4.17. The molecule has 2 aliphatic heterocycles. The molecule has 4 rings (SSSR count). The number of urea groups is 1. The lowest BCUT2D eigenvalue weighted by molar-refractivity contribution is 0.0600. The molecular formula is C22H29N5O3. The van der Waals surface area contributed by atoms with E-state index >= 15 is 0 Å². The Hall–Kier alpha value is -2.90. The van der Waals surface area contributed by atoms with E-state index in [0.717, 1.165) is 49.4 Å². The number of fused-ring (bicyclic) bond motifs is 1. The van der Waals surface area contributed by atoms with Crippen LogP contribution in [-0.2, 0) is 17.7 Å². The number of aromatic nitrogens is 3. The number of likely N-dealkylation sites (tertiary alicyclic amines) is 1. The summed E-state index contributed by atoms with van der Waals surface area (Å²) in [5, 5.41) is 11.9. The first-order chi connectivity index (χ1) is 14.6. The fraction of sp³-hybridized carbons (Fsp3) is 0.545. The normalized spacial score (nSPS) is 19.0. The van der Waals surface area contributed by atoms with Gasteiger partial charge in [0, 0.05) is 37.7 Å². The standard InChI is InChI=1S/C22H29N5O3/c1-15-9-10-16(21(28)30-2)13-18(15)23-22(29)26-11-6-7-17(14-26)20-25-24-19-8-4-3-5-12-27(19)20/h9-10,13,17H,3-8,11-12,14H2,1-2H3,(H,23,29)/t17-/m0/s1. The van der Waals surface area contributed by atoms with Crippen LogP contribution in [0.4, 0.5) is 10.5 Å². The monoisotopic (exact) mass is 411 g/mol. The van der Waals surface area contributed by atoms with Crippen LogP contribution in [-0.4, -0.2) is 51.9 Å². The molecule has 30 heavy (non-hydrogen) atoms. The van der Waals surface area contributed by atoms with E-state index in [4.69, 9.17) is 4.74 Å². The third-order valence-electron chi connectivity index (χ3n) is 6.11. The molecule has 1 N–H and O–H groups in total. The number of esters is 1. The smallest absolute Gasteiger partial charge is 0.337 e. The summed E-state index contributed by atoms with van der Waals surface area (Å²) in [5.74, 6) is 1.88. The average Bonchev–Trinajstić information content (AvgIpc) is 3.03. The van der Waals surface area contributed by atoms with E-state index in [1.54, 1.807) is 12.1 Å². The van der Waals surface area contributed by atoms with E-state index in [1.165, 1.54) is 20.0 Å². The first-order valence-electron chi connectivity index (χ1n) is 10.7. The highest BCUT2D eigenvalue weighted by Crippen LogP contribution is 2.28. The van der Waals surface area contributed by atoms with Crippen LogP contribution in [0.5, 0.6) is 0 Å². The molecular weight excluding hydrogens is 382 g/mol. The summed E-state index contributed by atoms with van der Waals surface area (Å²) in [4.78, 5) is 26.6. The minimum atomic E-state index is -0.420. The number of rotatable bonds is 3. The predicted octanol–water partition coefficient (Wildman–Crippen LogP) is 3.51. The van der Waals surface area contributed by atoms with Crippen molar-refractivity contribution in [3.63, 3.8) is 0 Å². The summed E-state index contributed by atoms with van der Waals surface area (Å²) in [6.45, 7) is 4.21. The molecule has 8 heteroatoms. The lowest BCUT2D eigenvalue weighted by atomic mass is 9.97. The molecule has 1 fully saturated rings. The van der Waals surface area contributed by atoms with Crippen molar-refractivity contribution < 1.29 is 14.3 Å². The fourth-order valence-corrected chi connectivity index (χ4v) is 4.38. The van der Waals surface area contributed by atoms with Gasteiger partial charge in [-0.15, -0.1) is 10.2 Å². The van der Waals surface area contributed by atoms with Crippen molar-refractivity contribution in [1.82, 2.24) is 19.7 Å². The molecule has 2 aromatic rings. The van der Waals surface area contributed by atoms with E-state index in [2.05, 4.69) is 20.1 Å². The first-order valence-corrected chi connectivity index (χ1v) is 10.7. The van der Waals surface area contributed by atoms with Gasteiger partial charge >= 0.3 is 12.0 Å². The SMILES string of the molecule is COC(=O)c1ccc(C)c(NC(=O)N2CCC[C@H](c3nnc4n3CCCCC4)C2)c1. The first kappa shape index (κ1) is 20.4. The minimum absolute atomic E-state index is 0.152. The fourth-order valence-electron chi connectivity index (χ4n) is 4.38. The van der Waals surface area contributed by atoms with Gasteiger partial charge in [-0.3, -0.25) is 0 Å². The van der Waals surface area contributed by atoms with Gasteiger partial charge in [0.1, 0.15) is 11.6 Å². The van der Waals surface area contributed by atoms with Gasteiger partial charge in [0.25, 0.3) is 0 Å². The van der Waals surface area contributed by atoms with Gasteiger partial charge in [-0.25, -0.2) is 9.59 Å². The molecule has 1 aromatic carbocycles. The number of methoxy groups -OCH3 is 1. The number of hydrogen-bond acceptors (Lipinski definition) is 5. The number of carbonyl (C=O) groups excluding carboxylic acids is 2. The second-order valence-corrected chi connectivity index (χ2v) is 8.17. The Labute approximate surface area is 176 Å². The molecule has 160 valence electrons. The molecule has 0 saturated carbocycles. The molecule has 0 spiro atoms. The summed E-state index contributed by atoms with van der Waals surface area (Å²) in [7, 11) is 1.35. The van der Waals surface area contributed by atoms with Crippen molar-refractivity contribution in [2.75, 3.05) is 25.5 Å². The van der Waals surface area contributed by atoms with Crippen LogP contribution in [0.1, 0.15) is 65.6 Å². The number of aryl methyl sites for hydroxylation is 2. The highest BCUT2D eigenvalue weighted by atomic mass is 16.5. The maximum Gasteiger partial charge on any atom is 0.337 e. The molecule has 0 aliphatic carbocycles. The topological polar surface area (TPSA) is 89.3 Å². The molecule has 2 aliphatic rings. The largest absolute Gasteiger partial charge is 0.465 e.